The number of likely N-dealkylation sites (tertiary alicyclic amines) is 1. The highest BCUT2D eigenvalue weighted by Gasteiger charge is 2.51. The molecule has 4 rings (SSSR count). The lowest BCUT2D eigenvalue weighted by Gasteiger charge is -2.51. The molecule has 148 valence electrons. The summed E-state index contributed by atoms with van der Waals surface area (Å²) in [5.41, 5.74) is 4.48. The number of nitrogens with zero attached hydrogens (tertiary/aromatic N) is 3. The highest BCUT2D eigenvalue weighted by molar-refractivity contribution is 5.81. The molecule has 2 aliphatic rings. The summed E-state index contributed by atoms with van der Waals surface area (Å²) in [6, 6.07) is 13.3. The largest absolute Gasteiger partial charge is 0.394 e. The molecule has 1 aromatic heterocycles. The first-order valence-electron chi connectivity index (χ1n) is 10.2. The maximum atomic E-state index is 12.8. The third kappa shape index (κ3) is 3.81. The van der Waals surface area contributed by atoms with Crippen molar-refractivity contribution in [3.8, 4) is 6.07 Å². The Bertz CT molecular complexity index is 931. The Hall–Kier alpha value is -2.97. The van der Waals surface area contributed by atoms with Gasteiger partial charge in [0.1, 0.15) is 6.04 Å². The molecule has 1 aromatic carbocycles. The Morgan fingerprint density at radius 2 is 1.93 bits per heavy atom. The molecule has 2 aromatic rings. The normalized spacial score (nSPS) is 23.7. The molecule has 0 unspecified atom stereocenters. The van der Waals surface area contributed by atoms with Crippen LogP contribution in [0.5, 0.6) is 0 Å². The van der Waals surface area contributed by atoms with Gasteiger partial charge in [-0.05, 0) is 60.1 Å². The molecule has 5 heteroatoms. The van der Waals surface area contributed by atoms with E-state index in [9.17, 15) is 15.2 Å². The lowest BCUT2D eigenvalue weighted by atomic mass is 9.75. The molecule has 0 radical (unpaired) electrons. The van der Waals surface area contributed by atoms with Crippen LogP contribution >= 0.6 is 0 Å². The zero-order valence-electron chi connectivity index (χ0n) is 16.4. The van der Waals surface area contributed by atoms with Crippen molar-refractivity contribution in [2.24, 2.45) is 0 Å². The van der Waals surface area contributed by atoms with Crippen LogP contribution in [0.25, 0.3) is 5.57 Å². The molecule has 0 spiro atoms. The van der Waals surface area contributed by atoms with Crippen LogP contribution in [0, 0.1) is 11.3 Å². The highest BCUT2D eigenvalue weighted by atomic mass is 16.3. The monoisotopic (exact) mass is 387 g/mol. The number of allylic oxidation sites excluding steroid dienone is 2. The minimum absolute atomic E-state index is 0.137. The molecule has 0 saturated carbocycles. The number of amides is 1. The Labute approximate surface area is 171 Å². The van der Waals surface area contributed by atoms with E-state index in [0.29, 0.717) is 0 Å². The number of carbonyl (C=O) groups is 1. The average Bonchev–Trinajstić information content (AvgIpc) is 2.75. The van der Waals surface area contributed by atoms with Gasteiger partial charge in [-0.25, -0.2) is 0 Å². The predicted molar refractivity (Wildman–Crippen MR) is 111 cm³/mol. The van der Waals surface area contributed by atoms with E-state index >= 15 is 0 Å². The number of aromatic nitrogens is 1. The van der Waals surface area contributed by atoms with Gasteiger partial charge in [0.25, 0.3) is 0 Å². The molecule has 1 amide bonds. The first-order chi connectivity index (χ1) is 14.2. The minimum atomic E-state index is -0.554. The van der Waals surface area contributed by atoms with E-state index in [1.165, 1.54) is 24.0 Å². The van der Waals surface area contributed by atoms with Crippen molar-refractivity contribution >= 4 is 11.5 Å². The van der Waals surface area contributed by atoms with E-state index in [2.05, 4.69) is 29.3 Å². The van der Waals surface area contributed by atoms with E-state index in [1.54, 1.807) is 29.4 Å². The van der Waals surface area contributed by atoms with Crippen LogP contribution in [0.3, 0.4) is 0 Å². The van der Waals surface area contributed by atoms with Crippen molar-refractivity contribution < 1.29 is 9.90 Å². The second kappa shape index (κ2) is 8.59. The van der Waals surface area contributed by atoms with Gasteiger partial charge in [-0.3, -0.25) is 9.78 Å². The van der Waals surface area contributed by atoms with Gasteiger partial charge in [-0.2, -0.15) is 5.26 Å². The third-order valence-corrected chi connectivity index (χ3v) is 6.08. The van der Waals surface area contributed by atoms with E-state index in [1.807, 2.05) is 12.1 Å². The fourth-order valence-corrected chi connectivity index (χ4v) is 4.54. The number of hydrogen-bond acceptors (Lipinski definition) is 4. The maximum absolute atomic E-state index is 12.8. The van der Waals surface area contributed by atoms with Crippen molar-refractivity contribution in [3.05, 3.63) is 71.6 Å². The van der Waals surface area contributed by atoms with Crippen LogP contribution < -0.4 is 0 Å². The van der Waals surface area contributed by atoms with Crippen LogP contribution in [-0.2, 0) is 11.2 Å². The zero-order chi connectivity index (χ0) is 20.2. The van der Waals surface area contributed by atoms with Gasteiger partial charge < -0.3 is 10.0 Å². The topological polar surface area (TPSA) is 77.2 Å². The van der Waals surface area contributed by atoms with Gasteiger partial charge in [0, 0.05) is 18.3 Å². The first-order valence-corrected chi connectivity index (χ1v) is 10.2. The summed E-state index contributed by atoms with van der Waals surface area (Å²) < 4.78 is 0. The number of aliphatic hydroxyl groups excluding tert-OH is 1. The number of carbonyl (C=O) groups excluding carboxylic acids is 1. The number of hydrogen-bond donors (Lipinski definition) is 1. The van der Waals surface area contributed by atoms with E-state index in [0.717, 1.165) is 24.0 Å². The van der Waals surface area contributed by atoms with Gasteiger partial charge in [0.2, 0.25) is 5.91 Å². The summed E-state index contributed by atoms with van der Waals surface area (Å²) in [5.74, 6) is -0.303. The van der Waals surface area contributed by atoms with Gasteiger partial charge in [0.05, 0.1) is 25.1 Å². The fraction of sp³-hybridized carbons (Fsp3) is 0.375. The van der Waals surface area contributed by atoms with E-state index in [4.69, 9.17) is 0 Å². The van der Waals surface area contributed by atoms with Crippen LogP contribution in [0.15, 0.2) is 54.9 Å². The molecule has 3 atom stereocenters. The Morgan fingerprint density at radius 1 is 1.17 bits per heavy atom. The van der Waals surface area contributed by atoms with Crippen molar-refractivity contribution in [3.63, 3.8) is 0 Å². The minimum Gasteiger partial charge on any atom is -0.394 e. The summed E-state index contributed by atoms with van der Waals surface area (Å²) in [4.78, 5) is 18.3. The lowest BCUT2D eigenvalue weighted by molar-refractivity contribution is -0.146. The van der Waals surface area contributed by atoms with Crippen molar-refractivity contribution in [2.75, 3.05) is 6.61 Å². The van der Waals surface area contributed by atoms with Gasteiger partial charge >= 0.3 is 0 Å². The zero-order valence-corrected chi connectivity index (χ0v) is 16.4. The van der Waals surface area contributed by atoms with E-state index < -0.39 is 6.04 Å². The SMILES string of the molecule is N#C[C@@H]1[C@H](c2ccc(C3=CCCCC3)cc2)[C@@H](CO)N1C(=O)Cc1ccncc1. The molecule has 1 aliphatic heterocycles. The second-order valence-corrected chi connectivity index (χ2v) is 7.78. The maximum Gasteiger partial charge on any atom is 0.228 e. The quantitative estimate of drug-likeness (QED) is 0.852. The molecule has 5 nitrogen and oxygen atoms in total. The van der Waals surface area contributed by atoms with Crippen molar-refractivity contribution in [1.29, 1.82) is 5.26 Å². The smallest absolute Gasteiger partial charge is 0.228 e. The average molecular weight is 387 g/mol. The molecule has 2 heterocycles. The van der Waals surface area contributed by atoms with E-state index in [-0.39, 0.29) is 30.9 Å². The number of nitriles is 1. The Kier molecular flexibility index (Phi) is 5.73. The van der Waals surface area contributed by atoms with Gasteiger partial charge in [-0.1, -0.05) is 30.3 Å². The van der Waals surface area contributed by atoms with Crippen LogP contribution in [-0.4, -0.2) is 39.6 Å². The number of pyridine rings is 1. The molecule has 1 N–H and O–H groups in total. The number of aliphatic hydroxyl groups is 1. The molecular formula is C24H25N3O2. The lowest BCUT2D eigenvalue weighted by Crippen LogP contribution is -2.65. The Morgan fingerprint density at radius 3 is 2.55 bits per heavy atom. The summed E-state index contributed by atoms with van der Waals surface area (Å²) in [5, 5.41) is 19.7. The summed E-state index contributed by atoms with van der Waals surface area (Å²) in [6.45, 7) is -0.155. The Balaban J connectivity index is 1.51. The summed E-state index contributed by atoms with van der Waals surface area (Å²) in [7, 11) is 0. The van der Waals surface area contributed by atoms with Crippen molar-refractivity contribution in [2.45, 2.75) is 50.1 Å². The molecule has 1 aliphatic carbocycles. The third-order valence-electron chi connectivity index (χ3n) is 6.08. The number of benzene rings is 1. The van der Waals surface area contributed by atoms with Crippen LogP contribution in [0.2, 0.25) is 0 Å². The second-order valence-electron chi connectivity index (χ2n) is 7.78. The molecule has 1 fully saturated rings. The van der Waals surface area contributed by atoms with Crippen LogP contribution in [0.4, 0.5) is 0 Å². The summed E-state index contributed by atoms with van der Waals surface area (Å²) >= 11 is 0. The number of rotatable bonds is 5. The predicted octanol–water partition coefficient (Wildman–Crippen LogP) is 3.46. The molecule has 29 heavy (non-hydrogen) atoms. The summed E-state index contributed by atoms with van der Waals surface area (Å²) in [6.07, 6.45) is 10.6. The van der Waals surface area contributed by atoms with Gasteiger partial charge in [0.15, 0.2) is 0 Å². The van der Waals surface area contributed by atoms with Crippen molar-refractivity contribution in [1.82, 2.24) is 9.88 Å². The molecule has 1 saturated heterocycles. The standard InChI is InChI=1S/C24H25N3O2/c25-15-21-24(20-8-6-19(7-9-20)18-4-2-1-3-5-18)22(16-28)27(21)23(29)14-17-10-12-26-13-11-17/h4,6-13,21-22,24,28H,1-3,5,14,16H2/t21-,22-,24+/m1/s1. The van der Waals surface area contributed by atoms with Gasteiger partial charge in [-0.15, -0.1) is 0 Å². The molecular weight excluding hydrogens is 362 g/mol. The molecule has 0 bridgehead atoms. The fourth-order valence-electron chi connectivity index (χ4n) is 4.54. The first kappa shape index (κ1) is 19.4. The highest BCUT2D eigenvalue weighted by Crippen LogP contribution is 2.41. The van der Waals surface area contributed by atoms with Crippen LogP contribution in [0.1, 0.15) is 48.3 Å².